The number of amides is 1. The zero-order chi connectivity index (χ0) is 16.6. The summed E-state index contributed by atoms with van der Waals surface area (Å²) in [5.41, 5.74) is 0.651. The lowest BCUT2D eigenvalue weighted by Crippen LogP contribution is -2.27. The van der Waals surface area contributed by atoms with Crippen LogP contribution in [-0.2, 0) is 13.8 Å². The van der Waals surface area contributed by atoms with Gasteiger partial charge < -0.3 is 9.15 Å². The van der Waals surface area contributed by atoms with Crippen molar-refractivity contribution in [2.75, 3.05) is 18.6 Å². The van der Waals surface area contributed by atoms with Crippen molar-refractivity contribution in [3.05, 3.63) is 24.3 Å². The third kappa shape index (κ3) is 3.15. The SMILES string of the molecule is COc1ccc(-c2nnc(N3CC(S(=O)(=O)Cl)CC3=O)o2)cc1. The van der Waals surface area contributed by atoms with Crippen LogP contribution in [0.25, 0.3) is 11.5 Å². The molecule has 1 aromatic carbocycles. The molecule has 1 atom stereocenters. The van der Waals surface area contributed by atoms with Crippen LogP contribution in [0.4, 0.5) is 6.01 Å². The van der Waals surface area contributed by atoms with Gasteiger partial charge in [-0.15, -0.1) is 5.10 Å². The molecular formula is C13H12ClN3O5S. The van der Waals surface area contributed by atoms with Gasteiger partial charge in [-0.05, 0) is 24.3 Å². The van der Waals surface area contributed by atoms with Crippen LogP contribution < -0.4 is 9.64 Å². The van der Waals surface area contributed by atoms with Gasteiger partial charge in [0.1, 0.15) is 11.0 Å². The first-order valence-electron chi connectivity index (χ1n) is 6.60. The molecule has 0 bridgehead atoms. The van der Waals surface area contributed by atoms with Crippen LogP contribution in [-0.4, -0.2) is 43.4 Å². The monoisotopic (exact) mass is 357 g/mol. The van der Waals surface area contributed by atoms with Crippen LogP contribution in [0.2, 0.25) is 0 Å². The van der Waals surface area contributed by atoms with Crippen LogP contribution in [0, 0.1) is 0 Å². The van der Waals surface area contributed by atoms with Crippen molar-refractivity contribution in [2.45, 2.75) is 11.7 Å². The molecule has 1 fully saturated rings. The Labute approximate surface area is 136 Å². The molecule has 8 nitrogen and oxygen atoms in total. The fraction of sp³-hybridized carbons (Fsp3) is 0.308. The second-order valence-corrected chi connectivity index (χ2v) is 7.83. The van der Waals surface area contributed by atoms with Gasteiger partial charge in [0, 0.05) is 29.2 Å². The Bertz CT molecular complexity index is 834. The van der Waals surface area contributed by atoms with Crippen LogP contribution in [0.5, 0.6) is 5.75 Å². The van der Waals surface area contributed by atoms with Crippen molar-refractivity contribution in [1.82, 2.24) is 10.2 Å². The van der Waals surface area contributed by atoms with Gasteiger partial charge in [0.2, 0.25) is 20.8 Å². The van der Waals surface area contributed by atoms with Crippen LogP contribution in [0.15, 0.2) is 28.7 Å². The van der Waals surface area contributed by atoms with E-state index in [2.05, 4.69) is 10.2 Å². The highest BCUT2D eigenvalue weighted by molar-refractivity contribution is 8.14. The molecule has 2 aromatic rings. The number of aromatic nitrogens is 2. The first-order chi connectivity index (χ1) is 10.9. The molecule has 2 heterocycles. The summed E-state index contributed by atoms with van der Waals surface area (Å²) < 4.78 is 33.2. The minimum absolute atomic E-state index is 0.0522. The normalized spacial score (nSPS) is 18.4. The van der Waals surface area contributed by atoms with Crippen LogP contribution in [0.1, 0.15) is 6.42 Å². The number of nitrogens with zero attached hydrogens (tertiary/aromatic N) is 3. The maximum atomic E-state index is 11.9. The van der Waals surface area contributed by atoms with Crippen LogP contribution >= 0.6 is 10.7 Å². The summed E-state index contributed by atoms with van der Waals surface area (Å²) in [7, 11) is 3.03. The molecule has 1 aliphatic heterocycles. The van der Waals surface area contributed by atoms with E-state index < -0.39 is 20.2 Å². The molecule has 0 aliphatic carbocycles. The van der Waals surface area contributed by atoms with E-state index >= 15 is 0 Å². The molecule has 122 valence electrons. The van der Waals surface area contributed by atoms with Gasteiger partial charge >= 0.3 is 6.01 Å². The highest BCUT2D eigenvalue weighted by atomic mass is 35.7. The summed E-state index contributed by atoms with van der Waals surface area (Å²) >= 11 is 0. The van der Waals surface area contributed by atoms with E-state index in [0.717, 1.165) is 4.90 Å². The molecule has 0 radical (unpaired) electrons. The molecular weight excluding hydrogens is 346 g/mol. The molecule has 0 spiro atoms. The maximum Gasteiger partial charge on any atom is 0.325 e. The summed E-state index contributed by atoms with van der Waals surface area (Å²) in [6.07, 6.45) is -0.202. The Morgan fingerprint density at radius 1 is 1.30 bits per heavy atom. The second-order valence-electron chi connectivity index (χ2n) is 4.92. The lowest BCUT2D eigenvalue weighted by Gasteiger charge is -2.09. The smallest absolute Gasteiger partial charge is 0.325 e. The molecule has 0 N–H and O–H groups in total. The van der Waals surface area contributed by atoms with Gasteiger partial charge in [-0.25, -0.2) is 8.42 Å². The minimum atomic E-state index is -3.82. The molecule has 3 rings (SSSR count). The van der Waals surface area contributed by atoms with E-state index in [1.807, 2.05) is 0 Å². The fourth-order valence-electron chi connectivity index (χ4n) is 2.22. The van der Waals surface area contributed by atoms with E-state index in [-0.39, 0.29) is 24.9 Å². The predicted molar refractivity (Wildman–Crippen MR) is 81.8 cm³/mol. The molecule has 1 saturated heterocycles. The largest absolute Gasteiger partial charge is 0.497 e. The number of hydrogen-bond acceptors (Lipinski definition) is 7. The van der Waals surface area contributed by atoms with Crippen molar-refractivity contribution < 1.29 is 22.4 Å². The number of methoxy groups -OCH3 is 1. The quantitative estimate of drug-likeness (QED) is 0.762. The zero-order valence-corrected chi connectivity index (χ0v) is 13.5. The summed E-state index contributed by atoms with van der Waals surface area (Å²) in [5.74, 6) is 0.468. The van der Waals surface area contributed by atoms with Crippen molar-refractivity contribution >= 4 is 31.7 Å². The van der Waals surface area contributed by atoms with Gasteiger partial charge in [-0.1, -0.05) is 5.10 Å². The number of carbonyl (C=O) groups excluding carboxylic acids is 1. The number of halogens is 1. The lowest BCUT2D eigenvalue weighted by atomic mass is 10.2. The molecule has 1 unspecified atom stereocenters. The van der Waals surface area contributed by atoms with Gasteiger partial charge in [0.05, 0.1) is 7.11 Å². The first kappa shape index (κ1) is 15.8. The fourth-order valence-corrected chi connectivity index (χ4v) is 3.25. The number of hydrogen-bond donors (Lipinski definition) is 0. The Hall–Kier alpha value is -2.13. The van der Waals surface area contributed by atoms with E-state index in [1.165, 1.54) is 0 Å². The van der Waals surface area contributed by atoms with Crippen molar-refractivity contribution in [1.29, 1.82) is 0 Å². The topological polar surface area (TPSA) is 103 Å². The molecule has 10 heteroatoms. The van der Waals surface area contributed by atoms with Gasteiger partial charge in [-0.3, -0.25) is 9.69 Å². The molecule has 23 heavy (non-hydrogen) atoms. The Morgan fingerprint density at radius 2 is 2.00 bits per heavy atom. The summed E-state index contributed by atoms with van der Waals surface area (Å²) in [5, 5.41) is 6.70. The number of carbonyl (C=O) groups is 1. The first-order valence-corrected chi connectivity index (χ1v) is 8.97. The summed E-state index contributed by atoms with van der Waals surface area (Å²) in [4.78, 5) is 13.0. The molecule has 1 aromatic heterocycles. The van der Waals surface area contributed by atoms with Crippen molar-refractivity contribution in [3.8, 4) is 17.2 Å². The number of rotatable bonds is 4. The molecule has 1 amide bonds. The van der Waals surface area contributed by atoms with E-state index in [9.17, 15) is 13.2 Å². The number of anilines is 1. The van der Waals surface area contributed by atoms with Crippen molar-refractivity contribution in [3.63, 3.8) is 0 Å². The van der Waals surface area contributed by atoms with E-state index in [0.29, 0.717) is 11.3 Å². The third-order valence-electron chi connectivity index (χ3n) is 3.47. The predicted octanol–water partition coefficient (Wildman–Crippen LogP) is 1.42. The number of ether oxygens (including phenoxy) is 1. The Morgan fingerprint density at radius 3 is 2.57 bits per heavy atom. The van der Waals surface area contributed by atoms with Crippen molar-refractivity contribution in [2.24, 2.45) is 0 Å². The van der Waals surface area contributed by atoms with Crippen LogP contribution in [0.3, 0.4) is 0 Å². The summed E-state index contributed by atoms with van der Waals surface area (Å²) in [6.45, 7) is -0.102. The minimum Gasteiger partial charge on any atom is -0.497 e. The number of benzene rings is 1. The van der Waals surface area contributed by atoms with Gasteiger partial charge in [0.25, 0.3) is 0 Å². The van der Waals surface area contributed by atoms with E-state index in [4.69, 9.17) is 19.8 Å². The third-order valence-corrected chi connectivity index (χ3v) is 5.34. The highest BCUT2D eigenvalue weighted by Gasteiger charge is 2.40. The van der Waals surface area contributed by atoms with E-state index in [1.54, 1.807) is 31.4 Å². The Balaban J connectivity index is 1.83. The summed E-state index contributed by atoms with van der Waals surface area (Å²) in [6, 6.07) is 6.87. The van der Waals surface area contributed by atoms with Gasteiger partial charge in [-0.2, -0.15) is 0 Å². The highest BCUT2D eigenvalue weighted by Crippen LogP contribution is 2.28. The maximum absolute atomic E-state index is 11.9. The Kier molecular flexibility index (Phi) is 3.99. The molecule has 0 saturated carbocycles. The lowest BCUT2D eigenvalue weighted by molar-refractivity contribution is -0.117. The zero-order valence-electron chi connectivity index (χ0n) is 12.0. The second kappa shape index (κ2) is 5.82. The molecule has 1 aliphatic rings. The average molecular weight is 358 g/mol. The average Bonchev–Trinajstić information content (AvgIpc) is 3.13. The standard InChI is InChI=1S/C13H12ClN3O5S/c1-21-9-4-2-8(3-5-9)12-15-16-13(22-12)17-7-10(6-11(17)18)23(14,19)20/h2-5,10H,6-7H2,1H3. The van der Waals surface area contributed by atoms with Gasteiger partial charge in [0.15, 0.2) is 0 Å².